The quantitative estimate of drug-likeness (QED) is 0.270. The van der Waals surface area contributed by atoms with Gasteiger partial charge in [-0.1, -0.05) is 0 Å². The number of aromatic nitrogens is 3. The van der Waals surface area contributed by atoms with Gasteiger partial charge in [0.15, 0.2) is 0 Å². The first-order chi connectivity index (χ1) is 14.0. The summed E-state index contributed by atoms with van der Waals surface area (Å²) < 4.78 is 5.45. The van der Waals surface area contributed by atoms with Gasteiger partial charge in [-0.3, -0.25) is 9.97 Å². The van der Waals surface area contributed by atoms with Crippen molar-refractivity contribution in [2.75, 3.05) is 0 Å². The third kappa shape index (κ3) is 6.26. The standard InChI is InChI=1S/C21H13N3O5.2K/c25-20(26)12-3-5-22-15(8-12)17-10-14(19-2-1-7-29-19)11-18(24-17)16-9-13(21(27)28)4-6-23-16;;/h1-11H,(H,25,26)(H,27,28);;/q;2*+1/p-2. The third-order valence-electron chi connectivity index (χ3n) is 4.15. The molecule has 4 rings (SSSR count). The van der Waals surface area contributed by atoms with Crippen molar-refractivity contribution in [1.82, 2.24) is 15.0 Å². The molecule has 0 spiro atoms. The SMILES string of the molecule is O=C([O-])c1ccnc(-c2cc(-c3ccco3)cc(-c3cc(C(=O)[O-])ccn3)n2)c1.[K+].[K+]. The third-order valence-corrected chi connectivity index (χ3v) is 4.15. The van der Waals surface area contributed by atoms with E-state index in [4.69, 9.17) is 4.42 Å². The normalized spacial score (nSPS) is 9.94. The van der Waals surface area contributed by atoms with Crippen molar-refractivity contribution in [2.24, 2.45) is 0 Å². The predicted octanol–water partition coefficient (Wildman–Crippen LogP) is -4.80. The molecule has 0 aliphatic rings. The number of hydrogen-bond donors (Lipinski definition) is 0. The van der Waals surface area contributed by atoms with E-state index in [9.17, 15) is 19.8 Å². The van der Waals surface area contributed by atoms with Crippen LogP contribution < -0.4 is 113 Å². The fraction of sp³-hybridized carbons (Fsp3) is 0. The van der Waals surface area contributed by atoms with Crippen LogP contribution in [0, 0.1) is 0 Å². The molecule has 31 heavy (non-hydrogen) atoms. The van der Waals surface area contributed by atoms with E-state index in [-0.39, 0.29) is 114 Å². The summed E-state index contributed by atoms with van der Waals surface area (Å²) in [5, 5.41) is 22.4. The van der Waals surface area contributed by atoms with Gasteiger partial charge in [0, 0.05) is 29.1 Å². The van der Waals surface area contributed by atoms with Crippen LogP contribution in [0.15, 0.2) is 71.6 Å². The van der Waals surface area contributed by atoms with E-state index in [2.05, 4.69) is 15.0 Å². The van der Waals surface area contributed by atoms with Gasteiger partial charge in [-0.15, -0.1) is 0 Å². The molecule has 0 saturated heterocycles. The van der Waals surface area contributed by atoms with Crippen molar-refractivity contribution >= 4 is 11.9 Å². The van der Waals surface area contributed by atoms with Crippen LogP contribution in [0.3, 0.4) is 0 Å². The number of carbonyl (C=O) groups is 2. The molecule has 0 N–H and O–H groups in total. The largest absolute Gasteiger partial charge is 1.00 e. The molecule has 0 saturated carbocycles. The van der Waals surface area contributed by atoms with Gasteiger partial charge < -0.3 is 24.2 Å². The van der Waals surface area contributed by atoms with Crippen LogP contribution >= 0.6 is 0 Å². The number of nitrogens with zero attached hydrogens (tertiary/aromatic N) is 3. The van der Waals surface area contributed by atoms with E-state index in [1.54, 1.807) is 24.3 Å². The van der Waals surface area contributed by atoms with Gasteiger partial charge in [0.2, 0.25) is 0 Å². The summed E-state index contributed by atoms with van der Waals surface area (Å²) in [6.07, 6.45) is 4.20. The van der Waals surface area contributed by atoms with Crippen molar-refractivity contribution in [2.45, 2.75) is 0 Å². The number of carboxylic acid groups (broad SMARTS) is 2. The minimum atomic E-state index is -1.33. The number of rotatable bonds is 5. The number of hydrogen-bond acceptors (Lipinski definition) is 8. The molecule has 8 nitrogen and oxygen atoms in total. The Labute approximate surface area is 262 Å². The Bertz CT molecular complexity index is 1150. The number of pyridine rings is 3. The van der Waals surface area contributed by atoms with E-state index in [1.807, 2.05) is 0 Å². The summed E-state index contributed by atoms with van der Waals surface area (Å²) in [6, 6.07) is 12.2. The Morgan fingerprint density at radius 1 is 0.742 bits per heavy atom. The molecule has 0 bridgehead atoms. The first kappa shape index (κ1) is 26.2. The topological polar surface area (TPSA) is 132 Å². The van der Waals surface area contributed by atoms with Gasteiger partial charge in [0.05, 0.1) is 41.0 Å². The molecule has 0 aliphatic carbocycles. The zero-order valence-corrected chi connectivity index (χ0v) is 23.0. The number of carboxylic acids is 2. The van der Waals surface area contributed by atoms with Crippen molar-refractivity contribution in [3.05, 3.63) is 78.3 Å². The number of carbonyl (C=O) groups excluding carboxylic acids is 2. The summed E-state index contributed by atoms with van der Waals surface area (Å²) >= 11 is 0. The molecule has 0 unspecified atom stereocenters. The Morgan fingerprint density at radius 3 is 1.68 bits per heavy atom. The number of aromatic carboxylic acids is 2. The molecule has 0 amide bonds. The second-order valence-electron chi connectivity index (χ2n) is 6.04. The van der Waals surface area contributed by atoms with Crippen molar-refractivity contribution in [1.29, 1.82) is 0 Å². The summed E-state index contributed by atoms with van der Waals surface area (Å²) in [4.78, 5) is 35.2. The van der Waals surface area contributed by atoms with Gasteiger partial charge in [0.1, 0.15) is 5.76 Å². The van der Waals surface area contributed by atoms with Gasteiger partial charge >= 0.3 is 103 Å². The van der Waals surface area contributed by atoms with Gasteiger partial charge in [0.25, 0.3) is 0 Å². The van der Waals surface area contributed by atoms with Crippen LogP contribution in [0.2, 0.25) is 0 Å². The smallest absolute Gasteiger partial charge is 0.545 e. The van der Waals surface area contributed by atoms with Crippen molar-refractivity contribution in [3.63, 3.8) is 0 Å². The molecule has 0 aliphatic heterocycles. The van der Waals surface area contributed by atoms with Crippen LogP contribution in [0.5, 0.6) is 0 Å². The fourth-order valence-electron chi connectivity index (χ4n) is 2.77. The molecule has 142 valence electrons. The Hall–Kier alpha value is -1.06. The maximum Gasteiger partial charge on any atom is 1.00 e. The zero-order chi connectivity index (χ0) is 20.4. The van der Waals surface area contributed by atoms with E-state index in [1.165, 1.54) is 42.9 Å². The summed E-state index contributed by atoms with van der Waals surface area (Å²) in [5.74, 6) is -2.12. The number of furan rings is 1. The average Bonchev–Trinajstić information content (AvgIpc) is 3.28. The molecule has 4 aromatic heterocycles. The predicted molar refractivity (Wildman–Crippen MR) is 97.1 cm³/mol. The van der Waals surface area contributed by atoms with E-state index in [0.29, 0.717) is 34.1 Å². The first-order valence-corrected chi connectivity index (χ1v) is 8.43. The summed E-state index contributed by atoms with van der Waals surface area (Å²) in [7, 11) is 0. The fourth-order valence-corrected chi connectivity index (χ4v) is 2.77. The average molecular weight is 464 g/mol. The molecular formula is C21H11K2N3O5. The second-order valence-corrected chi connectivity index (χ2v) is 6.04. The van der Waals surface area contributed by atoms with Crippen LogP contribution in [0.4, 0.5) is 0 Å². The molecule has 0 atom stereocenters. The summed E-state index contributed by atoms with van der Waals surface area (Å²) in [5.41, 5.74) is 1.87. The van der Waals surface area contributed by atoms with Crippen LogP contribution in [0.1, 0.15) is 20.7 Å². The molecule has 0 radical (unpaired) electrons. The van der Waals surface area contributed by atoms with Gasteiger partial charge in [-0.05, 0) is 48.5 Å². The maximum atomic E-state index is 11.2. The molecule has 0 fully saturated rings. The van der Waals surface area contributed by atoms with E-state index >= 15 is 0 Å². The van der Waals surface area contributed by atoms with Crippen LogP contribution in [0.25, 0.3) is 34.1 Å². The second kappa shape index (κ2) is 11.7. The molecule has 4 heterocycles. The summed E-state index contributed by atoms with van der Waals surface area (Å²) in [6.45, 7) is 0. The van der Waals surface area contributed by atoms with Crippen LogP contribution in [-0.4, -0.2) is 26.9 Å². The molecule has 4 aromatic rings. The van der Waals surface area contributed by atoms with E-state index in [0.717, 1.165) is 0 Å². The minimum Gasteiger partial charge on any atom is -0.545 e. The van der Waals surface area contributed by atoms with E-state index < -0.39 is 11.9 Å². The molecular weight excluding hydrogens is 452 g/mol. The van der Waals surface area contributed by atoms with Crippen molar-refractivity contribution < 1.29 is 127 Å². The molecule has 10 heteroatoms. The maximum absolute atomic E-state index is 11.2. The Kier molecular flexibility index (Phi) is 9.89. The van der Waals surface area contributed by atoms with Gasteiger partial charge in [-0.25, -0.2) is 4.98 Å². The van der Waals surface area contributed by atoms with Crippen molar-refractivity contribution in [3.8, 4) is 34.1 Å². The van der Waals surface area contributed by atoms with Crippen LogP contribution in [-0.2, 0) is 0 Å². The minimum absolute atomic E-state index is 0. The van der Waals surface area contributed by atoms with Gasteiger partial charge in [-0.2, -0.15) is 0 Å². The Balaban J connectivity index is 0.00000171. The molecule has 0 aromatic carbocycles. The first-order valence-electron chi connectivity index (χ1n) is 8.43. The monoisotopic (exact) mass is 463 g/mol. The zero-order valence-electron chi connectivity index (χ0n) is 16.7. The Morgan fingerprint density at radius 2 is 1.26 bits per heavy atom.